The van der Waals surface area contributed by atoms with Crippen LogP contribution < -0.4 is 9.47 Å². The van der Waals surface area contributed by atoms with Crippen LogP contribution in [-0.2, 0) is 0 Å². The van der Waals surface area contributed by atoms with E-state index >= 15 is 0 Å². The molecule has 1 N–H and O–H groups in total. The fourth-order valence-corrected chi connectivity index (χ4v) is 1.80. The maximum atomic E-state index is 11.3. The van der Waals surface area contributed by atoms with Gasteiger partial charge in [0.15, 0.2) is 0 Å². The molecular weight excluding hydrogens is 276 g/mol. The minimum atomic E-state index is -1.13. The quantitative estimate of drug-likeness (QED) is 0.778. The Bertz CT molecular complexity index is 815. The third-order valence-electron chi connectivity index (χ3n) is 2.81. The Morgan fingerprint density at radius 3 is 3.00 bits per heavy atom. The highest BCUT2D eigenvalue weighted by atomic mass is 16.5. The first kappa shape index (κ1) is 12.9. The van der Waals surface area contributed by atoms with Crippen LogP contribution in [0.2, 0.25) is 0 Å². The number of ether oxygens (including phenoxy) is 2. The van der Waals surface area contributed by atoms with Gasteiger partial charge in [0.25, 0.3) is 5.88 Å². The lowest BCUT2D eigenvalue weighted by Crippen LogP contribution is -2.02. The van der Waals surface area contributed by atoms with Crippen LogP contribution in [0, 0.1) is 0 Å². The Hall–Kier alpha value is -3.16. The molecule has 0 saturated heterocycles. The Labute approximate surface area is 118 Å². The van der Waals surface area contributed by atoms with E-state index in [1.165, 1.54) is 31.8 Å². The van der Waals surface area contributed by atoms with E-state index in [4.69, 9.17) is 9.47 Å². The first-order valence-corrected chi connectivity index (χ1v) is 5.92. The molecule has 0 radical (unpaired) electrons. The van der Waals surface area contributed by atoms with Gasteiger partial charge in [-0.15, -0.1) is 10.2 Å². The summed E-state index contributed by atoms with van der Waals surface area (Å²) in [6, 6.07) is 4.48. The van der Waals surface area contributed by atoms with Crippen molar-refractivity contribution in [3.63, 3.8) is 0 Å². The van der Waals surface area contributed by atoms with Gasteiger partial charge in [-0.05, 0) is 18.2 Å². The largest absolute Gasteiger partial charge is 0.497 e. The van der Waals surface area contributed by atoms with Gasteiger partial charge in [0, 0.05) is 12.4 Å². The van der Waals surface area contributed by atoms with E-state index in [2.05, 4.69) is 15.2 Å². The van der Waals surface area contributed by atoms with Crippen LogP contribution in [0.1, 0.15) is 10.4 Å². The topological polar surface area (TPSA) is 98.8 Å². The number of carboxylic acids is 1. The van der Waals surface area contributed by atoms with Crippen LogP contribution >= 0.6 is 0 Å². The van der Waals surface area contributed by atoms with Gasteiger partial charge in [-0.3, -0.25) is 4.40 Å². The summed E-state index contributed by atoms with van der Waals surface area (Å²) < 4.78 is 12.2. The second-order valence-corrected chi connectivity index (χ2v) is 4.06. The number of aromatic nitrogens is 4. The fourth-order valence-electron chi connectivity index (χ4n) is 1.80. The molecule has 0 unspecified atom stereocenters. The number of nitrogens with zero attached hydrogens (tertiary/aromatic N) is 4. The molecule has 3 rings (SSSR count). The number of hydrogen-bond donors (Lipinski definition) is 1. The fraction of sp³-hybridized carbons (Fsp3) is 0.0769. The minimum Gasteiger partial charge on any atom is -0.497 e. The van der Waals surface area contributed by atoms with Crippen molar-refractivity contribution >= 4 is 11.6 Å². The van der Waals surface area contributed by atoms with Crippen LogP contribution in [0.25, 0.3) is 5.65 Å². The summed E-state index contributed by atoms with van der Waals surface area (Å²) in [5.41, 5.74) is 0.363. The maximum absolute atomic E-state index is 11.3. The average molecular weight is 286 g/mol. The molecule has 0 fully saturated rings. The van der Waals surface area contributed by atoms with Crippen molar-refractivity contribution in [2.24, 2.45) is 0 Å². The Kier molecular flexibility index (Phi) is 3.11. The average Bonchev–Trinajstić information content (AvgIpc) is 2.97. The van der Waals surface area contributed by atoms with E-state index in [9.17, 15) is 9.90 Å². The summed E-state index contributed by atoms with van der Waals surface area (Å²) in [7, 11) is 1.46. The van der Waals surface area contributed by atoms with E-state index in [-0.39, 0.29) is 17.2 Å². The van der Waals surface area contributed by atoms with Gasteiger partial charge in [-0.25, -0.2) is 9.78 Å². The Morgan fingerprint density at radius 2 is 2.24 bits per heavy atom. The second-order valence-electron chi connectivity index (χ2n) is 4.06. The summed E-state index contributed by atoms with van der Waals surface area (Å²) in [5, 5.41) is 16.9. The lowest BCUT2D eigenvalue weighted by molar-refractivity contribution is 0.0693. The predicted octanol–water partition coefficient (Wildman–Crippen LogP) is 1.62. The summed E-state index contributed by atoms with van der Waals surface area (Å²) >= 11 is 0. The van der Waals surface area contributed by atoms with Crippen LogP contribution in [0.4, 0.5) is 0 Å². The van der Waals surface area contributed by atoms with Crippen molar-refractivity contribution in [2.45, 2.75) is 0 Å². The molecule has 0 atom stereocenters. The number of fused-ring (bicyclic) bond motifs is 1. The zero-order valence-electron chi connectivity index (χ0n) is 10.9. The van der Waals surface area contributed by atoms with Crippen LogP contribution in [0.15, 0.2) is 36.9 Å². The Balaban J connectivity index is 2.05. The molecule has 106 valence electrons. The highest BCUT2D eigenvalue weighted by molar-refractivity contribution is 5.91. The van der Waals surface area contributed by atoms with Crippen molar-refractivity contribution in [1.82, 2.24) is 19.6 Å². The number of hydrogen-bond acceptors (Lipinski definition) is 6. The van der Waals surface area contributed by atoms with Crippen molar-refractivity contribution < 1.29 is 19.4 Å². The van der Waals surface area contributed by atoms with Gasteiger partial charge in [0.2, 0.25) is 5.65 Å². The molecule has 3 aromatic rings. The van der Waals surface area contributed by atoms with E-state index in [1.807, 2.05) is 0 Å². The van der Waals surface area contributed by atoms with Crippen molar-refractivity contribution in [2.75, 3.05) is 7.11 Å². The molecule has 0 bridgehead atoms. The molecule has 0 aliphatic rings. The number of aromatic carboxylic acids is 1. The number of methoxy groups -OCH3 is 1. The summed E-state index contributed by atoms with van der Waals surface area (Å²) in [6.07, 6.45) is 4.67. The van der Waals surface area contributed by atoms with Crippen molar-refractivity contribution in [1.29, 1.82) is 0 Å². The number of rotatable bonds is 4. The molecule has 8 nitrogen and oxygen atoms in total. The normalized spacial score (nSPS) is 10.5. The van der Waals surface area contributed by atoms with Crippen LogP contribution in [0.5, 0.6) is 17.4 Å². The molecule has 0 spiro atoms. The molecule has 0 saturated carbocycles. The van der Waals surface area contributed by atoms with E-state index < -0.39 is 5.97 Å². The zero-order valence-corrected chi connectivity index (χ0v) is 10.9. The third kappa shape index (κ3) is 2.34. The lowest BCUT2D eigenvalue weighted by Gasteiger charge is -2.09. The molecule has 0 aliphatic heterocycles. The molecule has 1 aromatic carbocycles. The standard InChI is InChI=1S/C13H10N4O4/c1-20-8-2-3-10(9(6-8)13(18)19)21-12-11-16-15-7-17(11)5-4-14-12/h2-7H,1H3,(H,18,19). The Morgan fingerprint density at radius 1 is 1.38 bits per heavy atom. The predicted molar refractivity (Wildman–Crippen MR) is 70.8 cm³/mol. The van der Waals surface area contributed by atoms with Gasteiger partial charge in [-0.1, -0.05) is 0 Å². The summed E-state index contributed by atoms with van der Waals surface area (Å²) in [6.45, 7) is 0. The van der Waals surface area contributed by atoms with Crippen molar-refractivity contribution in [3.05, 3.63) is 42.5 Å². The van der Waals surface area contributed by atoms with Crippen LogP contribution in [0.3, 0.4) is 0 Å². The van der Waals surface area contributed by atoms with Gasteiger partial charge < -0.3 is 14.6 Å². The molecule has 2 heterocycles. The van der Waals surface area contributed by atoms with Crippen LogP contribution in [-0.4, -0.2) is 37.8 Å². The van der Waals surface area contributed by atoms with Gasteiger partial charge >= 0.3 is 5.97 Å². The molecule has 0 amide bonds. The SMILES string of the molecule is COc1ccc(Oc2nccn3cnnc23)c(C(=O)O)c1. The molecule has 8 heteroatoms. The monoisotopic (exact) mass is 286 g/mol. The summed E-state index contributed by atoms with van der Waals surface area (Å²) in [5.74, 6) is -0.389. The van der Waals surface area contributed by atoms with E-state index in [1.54, 1.807) is 16.7 Å². The first-order chi connectivity index (χ1) is 10.2. The van der Waals surface area contributed by atoms with Gasteiger partial charge in [-0.2, -0.15) is 0 Å². The minimum absolute atomic E-state index is 0.0299. The molecule has 2 aromatic heterocycles. The number of carbonyl (C=O) groups is 1. The maximum Gasteiger partial charge on any atom is 0.339 e. The highest BCUT2D eigenvalue weighted by Crippen LogP contribution is 2.29. The van der Waals surface area contributed by atoms with Gasteiger partial charge in [0.1, 0.15) is 23.4 Å². The molecule has 0 aliphatic carbocycles. The zero-order chi connectivity index (χ0) is 14.8. The third-order valence-corrected chi connectivity index (χ3v) is 2.81. The molecular formula is C13H10N4O4. The smallest absolute Gasteiger partial charge is 0.339 e. The lowest BCUT2D eigenvalue weighted by atomic mass is 10.2. The highest BCUT2D eigenvalue weighted by Gasteiger charge is 2.16. The number of benzene rings is 1. The van der Waals surface area contributed by atoms with Gasteiger partial charge in [0.05, 0.1) is 7.11 Å². The summed E-state index contributed by atoms with van der Waals surface area (Å²) in [4.78, 5) is 15.4. The first-order valence-electron chi connectivity index (χ1n) is 5.92. The second kappa shape index (κ2) is 5.08. The van der Waals surface area contributed by atoms with E-state index in [0.717, 1.165) is 0 Å². The number of carboxylic acid groups (broad SMARTS) is 1. The van der Waals surface area contributed by atoms with Crippen molar-refractivity contribution in [3.8, 4) is 17.4 Å². The molecule has 21 heavy (non-hydrogen) atoms. The van der Waals surface area contributed by atoms with E-state index in [0.29, 0.717) is 11.4 Å².